The lowest BCUT2D eigenvalue weighted by atomic mass is 10.1. The van der Waals surface area contributed by atoms with Gasteiger partial charge in [-0.3, -0.25) is 9.52 Å². The van der Waals surface area contributed by atoms with Crippen LogP contribution < -0.4 is 10.0 Å². The van der Waals surface area contributed by atoms with Crippen molar-refractivity contribution < 1.29 is 17.9 Å². The van der Waals surface area contributed by atoms with Gasteiger partial charge in [0.15, 0.2) is 0 Å². The molecule has 3 aromatic carbocycles. The maximum Gasteiger partial charge on any atom is 0.261 e. The van der Waals surface area contributed by atoms with Crippen molar-refractivity contribution in [1.29, 1.82) is 0 Å². The lowest BCUT2D eigenvalue weighted by Crippen LogP contribution is -2.23. The van der Waals surface area contributed by atoms with Crippen LogP contribution in [0.5, 0.6) is 0 Å². The summed E-state index contributed by atoms with van der Waals surface area (Å²) in [4.78, 5) is 12.7. The van der Waals surface area contributed by atoms with E-state index in [1.165, 1.54) is 24.3 Å². The Morgan fingerprint density at radius 2 is 1.53 bits per heavy atom. The summed E-state index contributed by atoms with van der Waals surface area (Å²) in [6.07, 6.45) is 0.118. The molecule has 6 nitrogen and oxygen atoms in total. The van der Waals surface area contributed by atoms with E-state index in [0.717, 1.165) is 16.7 Å². The molecule has 0 aliphatic rings. The Balaban J connectivity index is 1.64. The molecule has 0 aliphatic heterocycles. The quantitative estimate of drug-likeness (QED) is 0.495. The van der Waals surface area contributed by atoms with E-state index in [2.05, 4.69) is 10.0 Å². The SMILES string of the molecule is Cc1ccc(NS(=O)(=O)c2ccc(C(=O)NCc3ccccc3COC(C)C)cc2)cc1. The number of carbonyl (C=O) groups is 1. The normalized spacial score (nSPS) is 11.4. The van der Waals surface area contributed by atoms with Crippen molar-refractivity contribution in [2.24, 2.45) is 0 Å². The molecule has 0 aliphatic carbocycles. The van der Waals surface area contributed by atoms with Crippen molar-refractivity contribution in [3.8, 4) is 0 Å². The molecule has 0 saturated carbocycles. The summed E-state index contributed by atoms with van der Waals surface area (Å²) in [5.74, 6) is -0.278. The molecule has 0 fully saturated rings. The minimum absolute atomic E-state index is 0.0887. The van der Waals surface area contributed by atoms with E-state index in [9.17, 15) is 13.2 Å². The zero-order valence-electron chi connectivity index (χ0n) is 18.5. The van der Waals surface area contributed by atoms with Crippen molar-refractivity contribution in [1.82, 2.24) is 5.32 Å². The van der Waals surface area contributed by atoms with Crippen molar-refractivity contribution >= 4 is 21.6 Å². The average molecular weight is 453 g/mol. The molecule has 0 unspecified atom stereocenters. The second kappa shape index (κ2) is 10.4. The molecule has 0 radical (unpaired) electrons. The molecule has 0 aromatic heterocycles. The summed E-state index contributed by atoms with van der Waals surface area (Å²) >= 11 is 0. The number of sulfonamides is 1. The number of ether oxygens (including phenoxy) is 1. The van der Waals surface area contributed by atoms with Crippen LogP contribution in [-0.2, 0) is 27.9 Å². The third-order valence-corrected chi connectivity index (χ3v) is 6.26. The maximum atomic E-state index is 12.6. The molecular formula is C25H28N2O4S. The van der Waals surface area contributed by atoms with Crippen LogP contribution in [0.25, 0.3) is 0 Å². The minimum atomic E-state index is -3.74. The fourth-order valence-electron chi connectivity index (χ4n) is 3.03. The van der Waals surface area contributed by atoms with E-state index in [1.54, 1.807) is 12.1 Å². The van der Waals surface area contributed by atoms with Crippen LogP contribution in [0.4, 0.5) is 5.69 Å². The molecule has 3 rings (SSSR count). The first kappa shape index (κ1) is 23.5. The molecule has 0 atom stereocenters. The van der Waals surface area contributed by atoms with Crippen molar-refractivity contribution in [2.75, 3.05) is 4.72 Å². The molecule has 0 heterocycles. The number of carbonyl (C=O) groups excluding carboxylic acids is 1. The van der Waals surface area contributed by atoms with Gasteiger partial charge >= 0.3 is 0 Å². The molecule has 2 N–H and O–H groups in total. The van der Waals surface area contributed by atoms with E-state index in [1.807, 2.05) is 57.2 Å². The zero-order chi connectivity index (χ0) is 23.1. The number of amides is 1. The summed E-state index contributed by atoms with van der Waals surface area (Å²) in [5, 5.41) is 2.89. The number of aryl methyl sites for hydroxylation is 1. The molecule has 0 saturated heterocycles. The monoisotopic (exact) mass is 452 g/mol. The number of nitrogens with one attached hydrogen (secondary N) is 2. The Kier molecular flexibility index (Phi) is 7.66. The fraction of sp³-hybridized carbons (Fsp3) is 0.240. The predicted octanol–water partition coefficient (Wildman–Crippen LogP) is 4.65. The standard InChI is InChI=1S/C25H28N2O4S/c1-18(2)31-17-22-7-5-4-6-21(22)16-26-25(28)20-10-14-24(15-11-20)32(29,30)27-23-12-8-19(3)9-13-23/h4-15,18,27H,16-17H2,1-3H3,(H,26,28). The lowest BCUT2D eigenvalue weighted by molar-refractivity contribution is 0.0651. The van der Waals surface area contributed by atoms with Gasteiger partial charge < -0.3 is 10.1 Å². The Hall–Kier alpha value is -3.16. The molecule has 32 heavy (non-hydrogen) atoms. The highest BCUT2D eigenvalue weighted by Crippen LogP contribution is 2.17. The lowest BCUT2D eigenvalue weighted by Gasteiger charge is -2.13. The summed E-state index contributed by atoms with van der Waals surface area (Å²) in [6.45, 7) is 6.71. The van der Waals surface area contributed by atoms with Crippen LogP contribution in [-0.4, -0.2) is 20.4 Å². The van der Waals surface area contributed by atoms with Gasteiger partial charge in [0.2, 0.25) is 0 Å². The second-order valence-corrected chi connectivity index (χ2v) is 9.49. The molecule has 0 spiro atoms. The molecule has 0 bridgehead atoms. The number of hydrogen-bond acceptors (Lipinski definition) is 4. The van der Waals surface area contributed by atoms with Gasteiger partial charge in [-0.25, -0.2) is 8.42 Å². The van der Waals surface area contributed by atoms with Crippen molar-refractivity contribution in [3.63, 3.8) is 0 Å². The highest BCUT2D eigenvalue weighted by atomic mass is 32.2. The van der Waals surface area contributed by atoms with Gasteiger partial charge in [0, 0.05) is 17.8 Å². The first-order valence-electron chi connectivity index (χ1n) is 10.4. The highest BCUT2D eigenvalue weighted by Gasteiger charge is 2.15. The van der Waals surface area contributed by atoms with Crippen LogP contribution in [0, 0.1) is 6.92 Å². The smallest absolute Gasteiger partial charge is 0.261 e. The largest absolute Gasteiger partial charge is 0.374 e. The Morgan fingerprint density at radius 3 is 2.16 bits per heavy atom. The zero-order valence-corrected chi connectivity index (χ0v) is 19.3. The Bertz CT molecular complexity index is 1160. The van der Waals surface area contributed by atoms with Crippen LogP contribution in [0.1, 0.15) is 40.9 Å². The summed E-state index contributed by atoms with van der Waals surface area (Å²) in [5.41, 5.74) is 3.90. The maximum absolute atomic E-state index is 12.6. The molecule has 3 aromatic rings. The van der Waals surface area contributed by atoms with Gasteiger partial charge in [0.1, 0.15) is 0 Å². The predicted molar refractivity (Wildman–Crippen MR) is 126 cm³/mol. The van der Waals surface area contributed by atoms with Gasteiger partial charge in [-0.2, -0.15) is 0 Å². The third-order valence-electron chi connectivity index (χ3n) is 4.86. The molecule has 1 amide bonds. The first-order valence-corrected chi connectivity index (χ1v) is 11.9. The van der Waals surface area contributed by atoms with Gasteiger partial charge in [-0.1, -0.05) is 42.0 Å². The van der Waals surface area contributed by atoms with E-state index in [4.69, 9.17) is 4.74 Å². The first-order chi connectivity index (χ1) is 15.2. The summed E-state index contributed by atoms with van der Waals surface area (Å²) in [7, 11) is -3.74. The van der Waals surface area contributed by atoms with Crippen LogP contribution in [0.15, 0.2) is 77.7 Å². The summed E-state index contributed by atoms with van der Waals surface area (Å²) in [6, 6.07) is 20.7. The topological polar surface area (TPSA) is 84.5 Å². The van der Waals surface area contributed by atoms with Crippen molar-refractivity contribution in [3.05, 3.63) is 95.1 Å². The Morgan fingerprint density at radius 1 is 0.906 bits per heavy atom. The number of benzene rings is 3. The van der Waals surface area contributed by atoms with E-state index < -0.39 is 10.0 Å². The molecule has 7 heteroatoms. The average Bonchev–Trinajstić information content (AvgIpc) is 2.78. The molecular weight excluding hydrogens is 424 g/mol. The van der Waals surface area contributed by atoms with Gasteiger partial charge in [0.05, 0.1) is 17.6 Å². The van der Waals surface area contributed by atoms with E-state index in [-0.39, 0.29) is 16.9 Å². The van der Waals surface area contributed by atoms with Gasteiger partial charge in [-0.05, 0) is 68.3 Å². The van der Waals surface area contributed by atoms with Crippen LogP contribution >= 0.6 is 0 Å². The van der Waals surface area contributed by atoms with E-state index in [0.29, 0.717) is 24.4 Å². The van der Waals surface area contributed by atoms with Crippen LogP contribution in [0.3, 0.4) is 0 Å². The number of rotatable bonds is 9. The van der Waals surface area contributed by atoms with Gasteiger partial charge in [-0.15, -0.1) is 0 Å². The fourth-order valence-corrected chi connectivity index (χ4v) is 4.08. The summed E-state index contributed by atoms with van der Waals surface area (Å²) < 4.78 is 33.4. The van der Waals surface area contributed by atoms with Crippen molar-refractivity contribution in [2.45, 2.75) is 44.9 Å². The Labute approximate surface area is 189 Å². The second-order valence-electron chi connectivity index (χ2n) is 7.81. The van der Waals surface area contributed by atoms with Gasteiger partial charge in [0.25, 0.3) is 15.9 Å². The molecule has 168 valence electrons. The van der Waals surface area contributed by atoms with E-state index >= 15 is 0 Å². The van der Waals surface area contributed by atoms with Crippen LogP contribution in [0.2, 0.25) is 0 Å². The number of anilines is 1. The highest BCUT2D eigenvalue weighted by molar-refractivity contribution is 7.92. The number of hydrogen-bond donors (Lipinski definition) is 2. The minimum Gasteiger partial charge on any atom is -0.374 e. The third kappa shape index (κ3) is 6.42.